The van der Waals surface area contributed by atoms with Crippen LogP contribution in [0.3, 0.4) is 0 Å². The third-order valence-electron chi connectivity index (χ3n) is 5.34. The van der Waals surface area contributed by atoms with Crippen LogP contribution in [0, 0.1) is 6.92 Å². The van der Waals surface area contributed by atoms with E-state index in [-0.39, 0.29) is 17.7 Å². The fourth-order valence-electron chi connectivity index (χ4n) is 4.03. The molecule has 1 atom stereocenters. The molecule has 2 heterocycles. The van der Waals surface area contributed by atoms with Crippen LogP contribution in [-0.4, -0.2) is 32.6 Å². The van der Waals surface area contributed by atoms with Gasteiger partial charge >= 0.3 is 0 Å². The maximum Gasteiger partial charge on any atom is 0.258 e. The Morgan fingerprint density at radius 3 is 2.88 bits per heavy atom. The minimum atomic E-state index is -0.186. The van der Waals surface area contributed by atoms with E-state index in [0.717, 1.165) is 50.5 Å². The average molecular weight is 341 g/mol. The lowest BCUT2D eigenvalue weighted by atomic mass is 9.89. The summed E-state index contributed by atoms with van der Waals surface area (Å²) in [6.07, 6.45) is 6.82. The highest BCUT2D eigenvalue weighted by Gasteiger charge is 2.33. The molecule has 0 bridgehead atoms. The number of likely N-dealkylation sites (tertiary alicyclic amines) is 1. The number of benzene rings is 1. The molecule has 1 aliphatic carbocycles. The summed E-state index contributed by atoms with van der Waals surface area (Å²) in [6, 6.07) is 3.59. The van der Waals surface area contributed by atoms with Gasteiger partial charge in [0.25, 0.3) is 5.91 Å². The van der Waals surface area contributed by atoms with Crippen molar-refractivity contribution in [3.05, 3.63) is 40.5 Å². The number of amides is 1. The van der Waals surface area contributed by atoms with Gasteiger partial charge in [0.1, 0.15) is 5.75 Å². The number of fused-ring (bicyclic) bond motifs is 1. The van der Waals surface area contributed by atoms with Crippen LogP contribution in [-0.2, 0) is 12.8 Å². The molecule has 1 aromatic carbocycles. The Bertz CT molecular complexity index is 799. The molecule has 0 radical (unpaired) electrons. The summed E-state index contributed by atoms with van der Waals surface area (Å²) in [5.41, 5.74) is 2.51. The maximum atomic E-state index is 13.2. The number of phenolic OH excluding ortho intramolecular Hbond substituents is 1. The summed E-state index contributed by atoms with van der Waals surface area (Å²) in [7, 11) is 0. The Morgan fingerprint density at radius 1 is 1.24 bits per heavy atom. The first-order chi connectivity index (χ1) is 12.1. The van der Waals surface area contributed by atoms with E-state index >= 15 is 0 Å². The van der Waals surface area contributed by atoms with Crippen LogP contribution in [0.4, 0.5) is 0 Å². The number of carbonyl (C=O) groups excluding carboxylic acids is 1. The number of aryl methyl sites for hydroxylation is 2. The van der Waals surface area contributed by atoms with Crippen molar-refractivity contribution in [2.45, 2.75) is 57.9 Å². The van der Waals surface area contributed by atoms with Crippen LogP contribution < -0.4 is 0 Å². The maximum absolute atomic E-state index is 13.2. The number of piperidine rings is 1. The van der Waals surface area contributed by atoms with Gasteiger partial charge in [-0.15, -0.1) is 0 Å². The van der Waals surface area contributed by atoms with Gasteiger partial charge in [-0.2, -0.15) is 4.98 Å². The minimum absolute atomic E-state index is 0.141. The molecule has 25 heavy (non-hydrogen) atoms. The second kappa shape index (κ2) is 6.50. The Balaban J connectivity index is 1.67. The second-order valence-corrected chi connectivity index (χ2v) is 6.99. The highest BCUT2D eigenvalue weighted by molar-refractivity contribution is 5.97. The summed E-state index contributed by atoms with van der Waals surface area (Å²) in [5, 5.41) is 14.7. The van der Waals surface area contributed by atoms with Gasteiger partial charge in [-0.3, -0.25) is 4.79 Å². The topological polar surface area (TPSA) is 79.5 Å². The van der Waals surface area contributed by atoms with Crippen LogP contribution >= 0.6 is 0 Å². The van der Waals surface area contributed by atoms with Gasteiger partial charge in [-0.05, 0) is 62.1 Å². The molecule has 1 saturated heterocycles. The summed E-state index contributed by atoms with van der Waals surface area (Å²) >= 11 is 0. The quantitative estimate of drug-likeness (QED) is 0.906. The molecular weight excluding hydrogens is 318 g/mol. The van der Waals surface area contributed by atoms with Gasteiger partial charge in [0.2, 0.25) is 5.89 Å². The fraction of sp³-hybridized carbons (Fsp3) is 0.526. The van der Waals surface area contributed by atoms with Gasteiger partial charge in [-0.1, -0.05) is 11.2 Å². The fourth-order valence-corrected chi connectivity index (χ4v) is 4.03. The molecule has 0 spiro atoms. The van der Waals surface area contributed by atoms with Crippen molar-refractivity contribution in [3.63, 3.8) is 0 Å². The van der Waals surface area contributed by atoms with Crippen molar-refractivity contribution in [2.75, 3.05) is 6.54 Å². The number of hydrogen-bond acceptors (Lipinski definition) is 5. The monoisotopic (exact) mass is 341 g/mol. The zero-order valence-corrected chi connectivity index (χ0v) is 14.5. The largest absolute Gasteiger partial charge is 0.507 e. The van der Waals surface area contributed by atoms with E-state index in [2.05, 4.69) is 10.1 Å². The van der Waals surface area contributed by atoms with Crippen molar-refractivity contribution < 1.29 is 14.4 Å². The van der Waals surface area contributed by atoms with E-state index in [4.69, 9.17) is 4.52 Å². The molecule has 6 heteroatoms. The Morgan fingerprint density at radius 2 is 2.08 bits per heavy atom. The van der Waals surface area contributed by atoms with Crippen LogP contribution in [0.1, 0.15) is 71.3 Å². The zero-order valence-electron chi connectivity index (χ0n) is 14.5. The summed E-state index contributed by atoms with van der Waals surface area (Å²) in [5.74, 6) is 1.08. The first-order valence-corrected chi connectivity index (χ1v) is 9.10. The Labute approximate surface area is 146 Å². The molecule has 1 amide bonds. The molecule has 1 aliphatic heterocycles. The van der Waals surface area contributed by atoms with Gasteiger partial charge in [-0.25, -0.2) is 0 Å². The van der Waals surface area contributed by atoms with Crippen molar-refractivity contribution in [3.8, 4) is 5.75 Å². The summed E-state index contributed by atoms with van der Waals surface area (Å²) in [6.45, 7) is 2.40. The molecule has 2 aromatic rings. The molecular formula is C19H23N3O3. The molecule has 1 fully saturated rings. The minimum Gasteiger partial charge on any atom is -0.507 e. The van der Waals surface area contributed by atoms with Gasteiger partial charge in [0.15, 0.2) is 5.82 Å². The third kappa shape index (κ3) is 2.90. The number of rotatable bonds is 2. The molecule has 0 saturated carbocycles. The van der Waals surface area contributed by atoms with Crippen molar-refractivity contribution >= 4 is 5.91 Å². The molecule has 1 N–H and O–H groups in total. The van der Waals surface area contributed by atoms with E-state index in [1.807, 2.05) is 6.07 Å². The normalized spacial score (nSPS) is 20.4. The number of phenols is 1. The van der Waals surface area contributed by atoms with Crippen molar-refractivity contribution in [1.82, 2.24) is 15.0 Å². The number of hydrogen-bond donors (Lipinski definition) is 1. The van der Waals surface area contributed by atoms with Crippen molar-refractivity contribution in [2.24, 2.45) is 0 Å². The molecule has 2 aliphatic rings. The lowest BCUT2D eigenvalue weighted by Crippen LogP contribution is -2.39. The predicted octanol–water partition coefficient (Wildman–Crippen LogP) is 3.33. The van der Waals surface area contributed by atoms with Gasteiger partial charge in [0, 0.05) is 13.5 Å². The summed E-state index contributed by atoms with van der Waals surface area (Å²) in [4.78, 5) is 19.3. The molecule has 4 rings (SSSR count). The molecule has 132 valence electrons. The Kier molecular flexibility index (Phi) is 4.19. The van der Waals surface area contributed by atoms with E-state index in [0.29, 0.717) is 23.8 Å². The van der Waals surface area contributed by atoms with E-state index in [1.54, 1.807) is 17.9 Å². The molecule has 1 aromatic heterocycles. The van der Waals surface area contributed by atoms with Gasteiger partial charge < -0.3 is 14.5 Å². The standard InChI is InChI=1S/C19H23N3O3/c1-12-20-18(21-25-12)16-8-4-5-11-22(16)19(24)15-10-9-13-6-2-3-7-14(13)17(15)23/h9-10,16,23H,2-8,11H2,1H3. The first-order valence-electron chi connectivity index (χ1n) is 9.10. The van der Waals surface area contributed by atoms with Crippen molar-refractivity contribution in [1.29, 1.82) is 0 Å². The molecule has 6 nitrogen and oxygen atoms in total. The number of nitrogens with zero attached hydrogens (tertiary/aromatic N) is 3. The lowest BCUT2D eigenvalue weighted by Gasteiger charge is -2.34. The van der Waals surface area contributed by atoms with Crippen LogP contribution in [0.25, 0.3) is 0 Å². The highest BCUT2D eigenvalue weighted by atomic mass is 16.5. The Hall–Kier alpha value is -2.37. The number of aromatic hydroxyl groups is 1. The number of aromatic nitrogens is 2. The predicted molar refractivity (Wildman–Crippen MR) is 91.4 cm³/mol. The smallest absolute Gasteiger partial charge is 0.258 e. The second-order valence-electron chi connectivity index (χ2n) is 6.99. The van der Waals surface area contributed by atoms with E-state index in [1.165, 1.54) is 5.56 Å². The highest BCUT2D eigenvalue weighted by Crippen LogP contribution is 2.36. The third-order valence-corrected chi connectivity index (χ3v) is 5.34. The van der Waals surface area contributed by atoms with Crippen LogP contribution in [0.15, 0.2) is 16.7 Å². The van der Waals surface area contributed by atoms with Gasteiger partial charge in [0.05, 0.1) is 11.6 Å². The lowest BCUT2D eigenvalue weighted by molar-refractivity contribution is 0.0593. The average Bonchev–Trinajstić information content (AvgIpc) is 3.08. The first kappa shape index (κ1) is 16.1. The van der Waals surface area contributed by atoms with E-state index < -0.39 is 0 Å². The van der Waals surface area contributed by atoms with Crippen LogP contribution in [0.5, 0.6) is 5.75 Å². The number of carbonyl (C=O) groups is 1. The SMILES string of the molecule is Cc1nc(C2CCCCN2C(=O)c2ccc3c(c2O)CCCC3)no1. The van der Waals surface area contributed by atoms with E-state index in [9.17, 15) is 9.90 Å². The molecule has 1 unspecified atom stereocenters. The summed E-state index contributed by atoms with van der Waals surface area (Å²) < 4.78 is 5.10. The zero-order chi connectivity index (χ0) is 17.4. The van der Waals surface area contributed by atoms with Crippen LogP contribution in [0.2, 0.25) is 0 Å².